The molecule has 5 nitrogen and oxygen atoms in total. The van der Waals surface area contributed by atoms with Crippen LogP contribution in [-0.4, -0.2) is 68.1 Å². The second kappa shape index (κ2) is 16.6. The number of rotatable bonds is 17. The summed E-state index contributed by atoms with van der Waals surface area (Å²) in [5.41, 5.74) is 0. The minimum Gasteiger partial charge on any atom is -0.394 e. The van der Waals surface area contributed by atoms with E-state index in [2.05, 4.69) is 6.92 Å². The molecule has 0 spiro atoms. The summed E-state index contributed by atoms with van der Waals surface area (Å²) in [7, 11) is 0. The second-order valence-corrected chi connectivity index (χ2v) is 7.71. The van der Waals surface area contributed by atoms with Crippen molar-refractivity contribution in [2.45, 2.75) is 95.5 Å². The van der Waals surface area contributed by atoms with Gasteiger partial charge in [-0.05, 0) is 12.2 Å². The maximum Gasteiger partial charge on any atom is 0.111 e. The molecule has 0 aliphatic rings. The molecule has 0 aromatic carbocycles. The molecule has 24 heavy (non-hydrogen) atoms. The molecule has 0 aromatic heterocycles. The number of aliphatic hydroxyl groups excluding tert-OH is 5. The zero-order valence-corrected chi connectivity index (χ0v) is 16.0. The lowest BCUT2D eigenvalue weighted by molar-refractivity contribution is -0.109. The fraction of sp³-hybridized carbons (Fsp3) is 1.00. The van der Waals surface area contributed by atoms with Crippen LogP contribution >= 0.6 is 11.8 Å². The molecule has 0 bridgehead atoms. The first-order valence-electron chi connectivity index (χ1n) is 9.45. The van der Waals surface area contributed by atoms with Crippen molar-refractivity contribution in [2.24, 2.45) is 0 Å². The van der Waals surface area contributed by atoms with Gasteiger partial charge in [0, 0.05) is 5.75 Å². The van der Waals surface area contributed by atoms with Gasteiger partial charge in [-0.2, -0.15) is 11.8 Å². The van der Waals surface area contributed by atoms with Crippen LogP contribution in [0.5, 0.6) is 0 Å². The summed E-state index contributed by atoms with van der Waals surface area (Å²) in [4.78, 5) is 0. The number of thioether (sulfide) groups is 1. The molecule has 0 heterocycles. The van der Waals surface area contributed by atoms with Gasteiger partial charge in [0.25, 0.3) is 0 Å². The highest BCUT2D eigenvalue weighted by atomic mass is 32.2. The molecular weight excluding hydrogens is 328 g/mol. The van der Waals surface area contributed by atoms with Crippen molar-refractivity contribution in [3.05, 3.63) is 0 Å². The highest BCUT2D eigenvalue weighted by Crippen LogP contribution is 2.15. The van der Waals surface area contributed by atoms with Gasteiger partial charge < -0.3 is 25.5 Å². The summed E-state index contributed by atoms with van der Waals surface area (Å²) in [6.45, 7) is 1.59. The molecule has 4 atom stereocenters. The van der Waals surface area contributed by atoms with Gasteiger partial charge in [-0.25, -0.2) is 0 Å². The molecule has 5 N–H and O–H groups in total. The molecule has 146 valence electrons. The average molecular weight is 367 g/mol. The average Bonchev–Trinajstić information content (AvgIpc) is 2.60. The standard InChI is InChI=1S/C18H38O5S/c1-2-3-4-5-6-7-8-9-10-11-12-24-14-16(21)18(23)17(22)15(20)13-19/h15-23H,2-14H2,1H3. The smallest absolute Gasteiger partial charge is 0.111 e. The lowest BCUT2D eigenvalue weighted by Gasteiger charge is -2.25. The maximum absolute atomic E-state index is 9.77. The Bertz CT molecular complexity index is 268. The lowest BCUT2D eigenvalue weighted by atomic mass is 10.0. The van der Waals surface area contributed by atoms with Gasteiger partial charge in [0.2, 0.25) is 0 Å². The number of hydrogen-bond acceptors (Lipinski definition) is 6. The van der Waals surface area contributed by atoms with Crippen molar-refractivity contribution in [1.29, 1.82) is 0 Å². The van der Waals surface area contributed by atoms with Gasteiger partial charge in [-0.3, -0.25) is 0 Å². The Morgan fingerprint density at radius 2 is 1.12 bits per heavy atom. The Morgan fingerprint density at radius 1 is 0.667 bits per heavy atom. The van der Waals surface area contributed by atoms with Crippen molar-refractivity contribution in [3.63, 3.8) is 0 Å². The monoisotopic (exact) mass is 366 g/mol. The normalized spacial score (nSPS) is 16.8. The van der Waals surface area contributed by atoms with Crippen molar-refractivity contribution in [3.8, 4) is 0 Å². The molecule has 0 saturated heterocycles. The minimum atomic E-state index is -1.53. The van der Waals surface area contributed by atoms with Crippen LogP contribution in [0.4, 0.5) is 0 Å². The SMILES string of the molecule is CCCCCCCCCCCCSCC(O)C(O)C(O)C(O)CO. The summed E-state index contributed by atoms with van der Waals surface area (Å²) in [5.74, 6) is 1.23. The first-order valence-corrected chi connectivity index (χ1v) is 10.6. The molecule has 0 fully saturated rings. The van der Waals surface area contributed by atoms with Gasteiger partial charge in [0.1, 0.15) is 18.3 Å². The number of unbranched alkanes of at least 4 members (excludes halogenated alkanes) is 9. The third-order valence-electron chi connectivity index (χ3n) is 4.26. The molecule has 0 radical (unpaired) electrons. The van der Waals surface area contributed by atoms with E-state index < -0.39 is 31.0 Å². The Kier molecular flexibility index (Phi) is 16.7. The Balaban J connectivity index is 3.43. The molecule has 0 aliphatic heterocycles. The fourth-order valence-corrected chi connectivity index (χ4v) is 3.57. The van der Waals surface area contributed by atoms with Crippen LogP contribution in [0.2, 0.25) is 0 Å². The van der Waals surface area contributed by atoms with Gasteiger partial charge in [-0.1, -0.05) is 64.7 Å². The minimum absolute atomic E-state index is 0.313. The van der Waals surface area contributed by atoms with E-state index in [9.17, 15) is 20.4 Å². The first-order chi connectivity index (χ1) is 11.5. The van der Waals surface area contributed by atoms with Crippen molar-refractivity contribution in [2.75, 3.05) is 18.1 Å². The quantitative estimate of drug-likeness (QED) is 0.253. The summed E-state index contributed by atoms with van der Waals surface area (Å²) in [5, 5.41) is 46.9. The summed E-state index contributed by atoms with van der Waals surface area (Å²) in [6, 6.07) is 0. The number of hydrogen-bond donors (Lipinski definition) is 5. The van der Waals surface area contributed by atoms with Crippen LogP contribution < -0.4 is 0 Å². The highest BCUT2D eigenvalue weighted by Gasteiger charge is 2.29. The zero-order valence-electron chi connectivity index (χ0n) is 15.1. The van der Waals surface area contributed by atoms with E-state index in [0.717, 1.165) is 12.2 Å². The van der Waals surface area contributed by atoms with Crippen LogP contribution in [0, 0.1) is 0 Å². The largest absolute Gasteiger partial charge is 0.394 e. The van der Waals surface area contributed by atoms with E-state index in [1.807, 2.05) is 0 Å². The Hall–Kier alpha value is 0.150. The Labute approximate surface area is 151 Å². The third kappa shape index (κ3) is 12.5. The lowest BCUT2D eigenvalue weighted by Crippen LogP contribution is -2.46. The third-order valence-corrected chi connectivity index (χ3v) is 5.41. The predicted octanol–water partition coefficient (Wildman–Crippen LogP) is 2.08. The van der Waals surface area contributed by atoms with Crippen LogP contribution in [0.1, 0.15) is 71.1 Å². The van der Waals surface area contributed by atoms with Crippen LogP contribution in [0.25, 0.3) is 0 Å². The number of aliphatic hydroxyl groups is 5. The zero-order chi connectivity index (χ0) is 18.2. The van der Waals surface area contributed by atoms with E-state index in [0.29, 0.717) is 5.75 Å². The molecule has 0 aromatic rings. The van der Waals surface area contributed by atoms with Crippen LogP contribution in [0.15, 0.2) is 0 Å². The molecule has 0 rings (SSSR count). The van der Waals surface area contributed by atoms with E-state index in [-0.39, 0.29) is 0 Å². The van der Waals surface area contributed by atoms with Gasteiger partial charge >= 0.3 is 0 Å². The maximum atomic E-state index is 9.77. The van der Waals surface area contributed by atoms with E-state index in [1.54, 1.807) is 0 Å². The fourth-order valence-electron chi connectivity index (χ4n) is 2.56. The second-order valence-electron chi connectivity index (χ2n) is 6.56. The molecule has 6 heteroatoms. The molecular formula is C18H38O5S. The van der Waals surface area contributed by atoms with Gasteiger partial charge in [-0.15, -0.1) is 0 Å². The van der Waals surface area contributed by atoms with Crippen molar-refractivity contribution >= 4 is 11.8 Å². The molecule has 0 amide bonds. The Morgan fingerprint density at radius 3 is 1.62 bits per heavy atom. The van der Waals surface area contributed by atoms with Crippen LogP contribution in [0.3, 0.4) is 0 Å². The van der Waals surface area contributed by atoms with Crippen LogP contribution in [-0.2, 0) is 0 Å². The first kappa shape index (κ1) is 24.1. The highest BCUT2D eigenvalue weighted by molar-refractivity contribution is 7.99. The van der Waals surface area contributed by atoms with E-state index in [1.165, 1.54) is 69.5 Å². The molecule has 0 saturated carbocycles. The summed E-state index contributed by atoms with van der Waals surface area (Å²) in [6.07, 6.45) is 7.38. The van der Waals surface area contributed by atoms with E-state index in [4.69, 9.17) is 5.11 Å². The van der Waals surface area contributed by atoms with Gasteiger partial charge in [0.05, 0.1) is 12.7 Å². The summed E-state index contributed by atoms with van der Waals surface area (Å²) >= 11 is 1.54. The topological polar surface area (TPSA) is 101 Å². The molecule has 0 aliphatic carbocycles. The molecule has 4 unspecified atom stereocenters. The van der Waals surface area contributed by atoms with Crippen molar-refractivity contribution in [1.82, 2.24) is 0 Å². The summed E-state index contributed by atoms with van der Waals surface area (Å²) < 4.78 is 0. The predicted molar refractivity (Wildman–Crippen MR) is 100 cm³/mol. The van der Waals surface area contributed by atoms with E-state index >= 15 is 0 Å². The van der Waals surface area contributed by atoms with Gasteiger partial charge in [0.15, 0.2) is 0 Å². The van der Waals surface area contributed by atoms with Crippen molar-refractivity contribution < 1.29 is 25.5 Å².